The summed E-state index contributed by atoms with van der Waals surface area (Å²) in [5, 5.41) is 4.20. The Bertz CT molecular complexity index is 612. The van der Waals surface area contributed by atoms with Crippen LogP contribution in [0.4, 0.5) is 5.69 Å². The zero-order valence-electron chi connectivity index (χ0n) is 14.1. The third kappa shape index (κ3) is 5.80. The van der Waals surface area contributed by atoms with E-state index in [-0.39, 0.29) is 0 Å². The molecule has 3 heteroatoms. The van der Waals surface area contributed by atoms with Crippen molar-refractivity contribution in [2.45, 2.75) is 46.1 Å². The SMILES string of the molecule is CCCCCCOc1ccccc1CNc1ccc(C)c(Cl)c1. The van der Waals surface area contributed by atoms with Crippen LogP contribution < -0.4 is 10.1 Å². The topological polar surface area (TPSA) is 21.3 Å². The van der Waals surface area contributed by atoms with E-state index >= 15 is 0 Å². The summed E-state index contributed by atoms with van der Waals surface area (Å²) in [5.41, 5.74) is 3.28. The fourth-order valence-electron chi connectivity index (χ4n) is 2.40. The Hall–Kier alpha value is -1.67. The van der Waals surface area contributed by atoms with Gasteiger partial charge in [0.25, 0.3) is 0 Å². The van der Waals surface area contributed by atoms with Crippen LogP contribution in [0.2, 0.25) is 5.02 Å². The van der Waals surface area contributed by atoms with Gasteiger partial charge in [0.1, 0.15) is 5.75 Å². The molecule has 0 spiro atoms. The van der Waals surface area contributed by atoms with Crippen molar-refractivity contribution >= 4 is 17.3 Å². The van der Waals surface area contributed by atoms with Crippen molar-refractivity contribution < 1.29 is 4.74 Å². The Morgan fingerprint density at radius 3 is 2.65 bits per heavy atom. The highest BCUT2D eigenvalue weighted by Crippen LogP contribution is 2.23. The van der Waals surface area contributed by atoms with Crippen molar-refractivity contribution in [2.75, 3.05) is 11.9 Å². The van der Waals surface area contributed by atoms with E-state index in [1.807, 2.05) is 37.3 Å². The van der Waals surface area contributed by atoms with E-state index in [0.29, 0.717) is 0 Å². The molecule has 2 aromatic rings. The summed E-state index contributed by atoms with van der Waals surface area (Å²) in [6.07, 6.45) is 4.88. The Kier molecular flexibility index (Phi) is 7.28. The smallest absolute Gasteiger partial charge is 0.124 e. The summed E-state index contributed by atoms with van der Waals surface area (Å²) in [4.78, 5) is 0. The van der Waals surface area contributed by atoms with Crippen LogP contribution in [-0.2, 0) is 6.54 Å². The Morgan fingerprint density at radius 2 is 1.87 bits per heavy atom. The van der Waals surface area contributed by atoms with Gasteiger partial charge in [0.2, 0.25) is 0 Å². The number of unbranched alkanes of at least 4 members (excludes halogenated alkanes) is 3. The zero-order chi connectivity index (χ0) is 16.5. The van der Waals surface area contributed by atoms with Gasteiger partial charge in [-0.3, -0.25) is 0 Å². The molecule has 0 bridgehead atoms. The summed E-state index contributed by atoms with van der Waals surface area (Å²) < 4.78 is 5.95. The number of rotatable bonds is 9. The first kappa shape index (κ1) is 17.7. The summed E-state index contributed by atoms with van der Waals surface area (Å²) in [5.74, 6) is 0.967. The summed E-state index contributed by atoms with van der Waals surface area (Å²) >= 11 is 6.17. The first-order valence-electron chi connectivity index (χ1n) is 8.41. The second kappa shape index (κ2) is 9.46. The average Bonchev–Trinajstić information content (AvgIpc) is 2.57. The molecule has 0 fully saturated rings. The molecule has 124 valence electrons. The minimum absolute atomic E-state index is 0.727. The molecule has 0 aliphatic rings. The Labute approximate surface area is 144 Å². The van der Waals surface area contributed by atoms with Gasteiger partial charge in [0.15, 0.2) is 0 Å². The van der Waals surface area contributed by atoms with Crippen molar-refractivity contribution in [1.29, 1.82) is 0 Å². The van der Waals surface area contributed by atoms with Gasteiger partial charge in [-0.05, 0) is 37.1 Å². The highest BCUT2D eigenvalue weighted by molar-refractivity contribution is 6.31. The maximum atomic E-state index is 6.17. The van der Waals surface area contributed by atoms with E-state index in [2.05, 4.69) is 24.4 Å². The van der Waals surface area contributed by atoms with E-state index in [4.69, 9.17) is 16.3 Å². The molecule has 0 atom stereocenters. The molecule has 0 aliphatic carbocycles. The van der Waals surface area contributed by atoms with Crippen LogP contribution in [0, 0.1) is 6.92 Å². The van der Waals surface area contributed by atoms with E-state index in [1.54, 1.807) is 0 Å². The van der Waals surface area contributed by atoms with Crippen LogP contribution in [0.15, 0.2) is 42.5 Å². The third-order valence-electron chi connectivity index (χ3n) is 3.88. The minimum atomic E-state index is 0.727. The second-order valence-electron chi connectivity index (χ2n) is 5.83. The maximum absolute atomic E-state index is 6.17. The minimum Gasteiger partial charge on any atom is -0.493 e. The highest BCUT2D eigenvalue weighted by Gasteiger charge is 2.04. The fraction of sp³-hybridized carbons (Fsp3) is 0.400. The number of halogens is 1. The molecule has 0 saturated heterocycles. The van der Waals surface area contributed by atoms with Crippen molar-refractivity contribution in [3.8, 4) is 5.75 Å². The predicted molar refractivity (Wildman–Crippen MR) is 99.6 cm³/mol. The molecule has 2 nitrogen and oxygen atoms in total. The first-order chi connectivity index (χ1) is 11.2. The van der Waals surface area contributed by atoms with Crippen LogP contribution in [0.3, 0.4) is 0 Å². The average molecular weight is 332 g/mol. The van der Waals surface area contributed by atoms with E-state index in [9.17, 15) is 0 Å². The summed E-state index contributed by atoms with van der Waals surface area (Å²) in [6, 6.07) is 14.3. The quantitative estimate of drug-likeness (QED) is 0.551. The molecule has 1 N–H and O–H groups in total. The number of hydrogen-bond acceptors (Lipinski definition) is 2. The predicted octanol–water partition coefficient (Wildman–Crippen LogP) is 6.22. The largest absolute Gasteiger partial charge is 0.493 e. The molecule has 0 radical (unpaired) electrons. The van der Waals surface area contributed by atoms with Gasteiger partial charge in [0, 0.05) is 22.8 Å². The van der Waals surface area contributed by atoms with Gasteiger partial charge in [-0.1, -0.05) is 62.1 Å². The van der Waals surface area contributed by atoms with E-state index in [0.717, 1.165) is 41.6 Å². The second-order valence-corrected chi connectivity index (χ2v) is 6.24. The Balaban J connectivity index is 1.90. The lowest BCUT2D eigenvalue weighted by molar-refractivity contribution is 0.302. The van der Waals surface area contributed by atoms with Gasteiger partial charge in [-0.15, -0.1) is 0 Å². The van der Waals surface area contributed by atoms with E-state index in [1.165, 1.54) is 24.8 Å². The van der Waals surface area contributed by atoms with Gasteiger partial charge in [0.05, 0.1) is 6.61 Å². The lowest BCUT2D eigenvalue weighted by atomic mass is 10.1. The van der Waals surface area contributed by atoms with Gasteiger partial charge < -0.3 is 10.1 Å². The number of para-hydroxylation sites is 1. The van der Waals surface area contributed by atoms with Crippen LogP contribution in [0.1, 0.15) is 43.7 Å². The lowest BCUT2D eigenvalue weighted by Crippen LogP contribution is -2.04. The molecular weight excluding hydrogens is 306 g/mol. The van der Waals surface area contributed by atoms with Crippen LogP contribution in [-0.4, -0.2) is 6.61 Å². The number of aryl methyl sites for hydroxylation is 1. The van der Waals surface area contributed by atoms with Crippen molar-refractivity contribution in [1.82, 2.24) is 0 Å². The number of ether oxygens (including phenoxy) is 1. The van der Waals surface area contributed by atoms with Gasteiger partial charge in [-0.25, -0.2) is 0 Å². The van der Waals surface area contributed by atoms with Crippen LogP contribution >= 0.6 is 11.6 Å². The fourth-order valence-corrected chi connectivity index (χ4v) is 2.58. The molecule has 0 heterocycles. The highest BCUT2D eigenvalue weighted by atomic mass is 35.5. The molecule has 0 aliphatic heterocycles. The molecule has 0 aromatic heterocycles. The Morgan fingerprint density at radius 1 is 1.04 bits per heavy atom. The van der Waals surface area contributed by atoms with Gasteiger partial charge in [-0.2, -0.15) is 0 Å². The number of benzene rings is 2. The van der Waals surface area contributed by atoms with Crippen molar-refractivity contribution in [2.24, 2.45) is 0 Å². The van der Waals surface area contributed by atoms with Crippen molar-refractivity contribution in [3.63, 3.8) is 0 Å². The molecular formula is C20H26ClNO. The molecule has 0 amide bonds. The zero-order valence-corrected chi connectivity index (χ0v) is 14.8. The lowest BCUT2D eigenvalue weighted by Gasteiger charge is -2.13. The molecule has 0 unspecified atom stereocenters. The van der Waals surface area contributed by atoms with E-state index < -0.39 is 0 Å². The van der Waals surface area contributed by atoms with Crippen molar-refractivity contribution in [3.05, 3.63) is 58.6 Å². The van der Waals surface area contributed by atoms with Crippen LogP contribution in [0.5, 0.6) is 5.75 Å². The number of nitrogens with one attached hydrogen (secondary N) is 1. The third-order valence-corrected chi connectivity index (χ3v) is 4.29. The molecule has 2 rings (SSSR count). The monoisotopic (exact) mass is 331 g/mol. The summed E-state index contributed by atoms with van der Waals surface area (Å²) in [7, 11) is 0. The van der Waals surface area contributed by atoms with Gasteiger partial charge >= 0.3 is 0 Å². The number of hydrogen-bond donors (Lipinski definition) is 1. The first-order valence-corrected chi connectivity index (χ1v) is 8.79. The summed E-state index contributed by atoms with van der Waals surface area (Å²) in [6.45, 7) is 5.74. The molecule has 2 aromatic carbocycles. The molecule has 0 saturated carbocycles. The van der Waals surface area contributed by atoms with Crippen LogP contribution in [0.25, 0.3) is 0 Å². The standard InChI is InChI=1S/C20H26ClNO/c1-3-4-5-8-13-23-20-10-7-6-9-17(20)15-22-18-12-11-16(2)19(21)14-18/h6-7,9-12,14,22H,3-5,8,13,15H2,1-2H3. The number of anilines is 1. The normalized spacial score (nSPS) is 10.6. The molecule has 23 heavy (non-hydrogen) atoms. The maximum Gasteiger partial charge on any atom is 0.124 e.